The Kier molecular flexibility index (Phi) is 2.01. The minimum atomic E-state index is 0.309. The van der Waals surface area contributed by atoms with Gasteiger partial charge < -0.3 is 10.3 Å². The largest absolute Gasteiger partial charge is 0.338 e. The van der Waals surface area contributed by atoms with E-state index in [9.17, 15) is 0 Å². The molecule has 1 rings (SSSR count). The molecule has 4 nitrogen and oxygen atoms in total. The van der Waals surface area contributed by atoms with E-state index in [2.05, 4.69) is 10.1 Å². The molecule has 2 N–H and O–H groups in total. The summed E-state index contributed by atoms with van der Waals surface area (Å²) in [5.41, 5.74) is 5.27. The average molecular weight is 141 g/mol. The lowest BCUT2D eigenvalue weighted by Gasteiger charge is -1.91. The Morgan fingerprint density at radius 2 is 2.30 bits per heavy atom. The van der Waals surface area contributed by atoms with Gasteiger partial charge in [0, 0.05) is 5.92 Å². The predicted molar refractivity (Wildman–Crippen MR) is 36.3 cm³/mol. The third-order valence-corrected chi connectivity index (χ3v) is 1.17. The summed E-state index contributed by atoms with van der Waals surface area (Å²) in [5, 5.41) is 3.72. The lowest BCUT2D eigenvalue weighted by atomic mass is 10.2. The van der Waals surface area contributed by atoms with Gasteiger partial charge in [0.05, 0.1) is 6.54 Å². The van der Waals surface area contributed by atoms with Crippen LogP contribution >= 0.6 is 0 Å². The van der Waals surface area contributed by atoms with Gasteiger partial charge in [0.2, 0.25) is 5.89 Å². The van der Waals surface area contributed by atoms with Crippen molar-refractivity contribution < 1.29 is 4.52 Å². The Bertz CT molecular complexity index is 207. The van der Waals surface area contributed by atoms with E-state index in [0.29, 0.717) is 18.4 Å². The van der Waals surface area contributed by atoms with Crippen LogP contribution in [0.2, 0.25) is 0 Å². The molecule has 0 spiro atoms. The number of nitrogens with zero attached hydrogens (tertiary/aromatic N) is 2. The van der Waals surface area contributed by atoms with E-state index in [0.717, 1.165) is 5.82 Å². The highest BCUT2D eigenvalue weighted by atomic mass is 16.5. The summed E-state index contributed by atoms with van der Waals surface area (Å²) >= 11 is 0. The van der Waals surface area contributed by atoms with E-state index in [4.69, 9.17) is 10.3 Å². The van der Waals surface area contributed by atoms with Crippen LogP contribution in [-0.2, 0) is 6.54 Å². The van der Waals surface area contributed by atoms with Crippen molar-refractivity contribution in [2.45, 2.75) is 26.3 Å². The van der Waals surface area contributed by atoms with Crippen LogP contribution in [0.4, 0.5) is 0 Å². The van der Waals surface area contributed by atoms with Crippen molar-refractivity contribution in [3.05, 3.63) is 11.7 Å². The minimum absolute atomic E-state index is 0.309. The summed E-state index contributed by atoms with van der Waals surface area (Å²) < 4.78 is 4.79. The molecule has 1 aromatic heterocycles. The van der Waals surface area contributed by atoms with E-state index in [1.807, 2.05) is 13.8 Å². The first-order chi connectivity index (χ1) is 4.74. The van der Waals surface area contributed by atoms with Crippen molar-refractivity contribution >= 4 is 0 Å². The van der Waals surface area contributed by atoms with E-state index in [-0.39, 0.29) is 0 Å². The highest BCUT2D eigenvalue weighted by Gasteiger charge is 2.06. The van der Waals surface area contributed by atoms with Crippen LogP contribution in [0, 0.1) is 0 Å². The SMILES string of the molecule is CC(C)c1noc(CN)n1. The summed E-state index contributed by atoms with van der Waals surface area (Å²) in [6, 6.07) is 0. The van der Waals surface area contributed by atoms with Crippen LogP contribution in [0.1, 0.15) is 31.5 Å². The fourth-order valence-electron chi connectivity index (χ4n) is 0.585. The minimum Gasteiger partial charge on any atom is -0.338 e. The van der Waals surface area contributed by atoms with Crippen LogP contribution in [0.25, 0.3) is 0 Å². The highest BCUT2D eigenvalue weighted by molar-refractivity contribution is 4.90. The molecule has 0 aliphatic rings. The van der Waals surface area contributed by atoms with Gasteiger partial charge in [-0.2, -0.15) is 4.98 Å². The molecule has 56 valence electrons. The van der Waals surface area contributed by atoms with Gasteiger partial charge in [-0.1, -0.05) is 19.0 Å². The first kappa shape index (κ1) is 7.21. The van der Waals surface area contributed by atoms with Gasteiger partial charge in [-0.3, -0.25) is 0 Å². The summed E-state index contributed by atoms with van der Waals surface area (Å²) in [6.45, 7) is 4.33. The summed E-state index contributed by atoms with van der Waals surface area (Å²) in [7, 11) is 0. The van der Waals surface area contributed by atoms with Gasteiger partial charge in [0.25, 0.3) is 0 Å². The van der Waals surface area contributed by atoms with Gasteiger partial charge in [-0.15, -0.1) is 0 Å². The number of hydrogen-bond donors (Lipinski definition) is 1. The number of nitrogens with two attached hydrogens (primary N) is 1. The Labute approximate surface area is 59.4 Å². The number of aromatic nitrogens is 2. The van der Waals surface area contributed by atoms with Crippen LogP contribution in [0.15, 0.2) is 4.52 Å². The predicted octanol–water partition coefficient (Wildman–Crippen LogP) is 0.652. The zero-order valence-corrected chi connectivity index (χ0v) is 6.16. The van der Waals surface area contributed by atoms with Crippen molar-refractivity contribution in [2.75, 3.05) is 0 Å². The van der Waals surface area contributed by atoms with Crippen LogP contribution in [0.3, 0.4) is 0 Å². The molecule has 0 aromatic carbocycles. The molecular formula is C6H11N3O. The van der Waals surface area contributed by atoms with Crippen LogP contribution < -0.4 is 5.73 Å². The quantitative estimate of drug-likeness (QED) is 0.656. The van der Waals surface area contributed by atoms with Crippen molar-refractivity contribution in [3.63, 3.8) is 0 Å². The normalized spacial score (nSPS) is 10.8. The maximum Gasteiger partial charge on any atom is 0.240 e. The molecule has 4 heteroatoms. The first-order valence-corrected chi connectivity index (χ1v) is 3.26. The van der Waals surface area contributed by atoms with Gasteiger partial charge in [-0.05, 0) is 0 Å². The lowest BCUT2D eigenvalue weighted by molar-refractivity contribution is 0.373. The van der Waals surface area contributed by atoms with E-state index < -0.39 is 0 Å². The molecule has 10 heavy (non-hydrogen) atoms. The van der Waals surface area contributed by atoms with Gasteiger partial charge in [-0.25, -0.2) is 0 Å². The topological polar surface area (TPSA) is 64.9 Å². The maximum absolute atomic E-state index is 5.27. The third-order valence-electron chi connectivity index (χ3n) is 1.17. The third kappa shape index (κ3) is 1.33. The summed E-state index contributed by atoms with van der Waals surface area (Å²) in [5.74, 6) is 1.54. The fourth-order valence-corrected chi connectivity index (χ4v) is 0.585. The van der Waals surface area contributed by atoms with Crippen molar-refractivity contribution in [3.8, 4) is 0 Å². The second kappa shape index (κ2) is 2.79. The first-order valence-electron chi connectivity index (χ1n) is 3.26. The number of rotatable bonds is 2. The smallest absolute Gasteiger partial charge is 0.240 e. The zero-order valence-electron chi connectivity index (χ0n) is 6.16. The average Bonchev–Trinajstić information content (AvgIpc) is 2.34. The summed E-state index contributed by atoms with van der Waals surface area (Å²) in [4.78, 5) is 4.03. The fraction of sp³-hybridized carbons (Fsp3) is 0.667. The van der Waals surface area contributed by atoms with Crippen LogP contribution in [-0.4, -0.2) is 10.1 Å². The molecular weight excluding hydrogens is 130 g/mol. The molecule has 0 amide bonds. The molecule has 0 aliphatic heterocycles. The summed E-state index contributed by atoms with van der Waals surface area (Å²) in [6.07, 6.45) is 0. The maximum atomic E-state index is 5.27. The molecule has 0 saturated heterocycles. The van der Waals surface area contributed by atoms with E-state index >= 15 is 0 Å². The molecule has 0 aliphatic carbocycles. The Morgan fingerprint density at radius 1 is 1.60 bits per heavy atom. The van der Waals surface area contributed by atoms with Crippen molar-refractivity contribution in [1.29, 1.82) is 0 Å². The van der Waals surface area contributed by atoms with Gasteiger partial charge in [0.15, 0.2) is 5.82 Å². The molecule has 0 unspecified atom stereocenters. The molecule has 0 radical (unpaired) electrons. The van der Waals surface area contributed by atoms with Gasteiger partial charge in [0.1, 0.15) is 0 Å². The molecule has 0 saturated carbocycles. The molecule has 1 heterocycles. The van der Waals surface area contributed by atoms with E-state index in [1.54, 1.807) is 0 Å². The van der Waals surface area contributed by atoms with Crippen molar-refractivity contribution in [1.82, 2.24) is 10.1 Å². The second-order valence-electron chi connectivity index (χ2n) is 2.41. The molecule has 0 atom stereocenters. The van der Waals surface area contributed by atoms with Gasteiger partial charge >= 0.3 is 0 Å². The van der Waals surface area contributed by atoms with Crippen molar-refractivity contribution in [2.24, 2.45) is 5.73 Å². The van der Waals surface area contributed by atoms with Crippen LogP contribution in [0.5, 0.6) is 0 Å². The Hall–Kier alpha value is -0.900. The number of hydrogen-bond acceptors (Lipinski definition) is 4. The second-order valence-corrected chi connectivity index (χ2v) is 2.41. The Balaban J connectivity index is 2.78. The highest BCUT2D eigenvalue weighted by Crippen LogP contribution is 2.08. The lowest BCUT2D eigenvalue weighted by Crippen LogP contribution is -1.97. The molecule has 0 fully saturated rings. The standard InChI is InChI=1S/C6H11N3O/c1-4(2)6-8-5(3-7)10-9-6/h4H,3,7H2,1-2H3. The Morgan fingerprint density at radius 3 is 2.60 bits per heavy atom. The molecule has 0 bridgehead atoms. The zero-order chi connectivity index (χ0) is 7.56. The molecule has 1 aromatic rings. The van der Waals surface area contributed by atoms with E-state index in [1.165, 1.54) is 0 Å². The monoisotopic (exact) mass is 141 g/mol.